The van der Waals surface area contributed by atoms with Gasteiger partial charge in [0.1, 0.15) is 0 Å². The molecule has 0 N–H and O–H groups in total. The van der Waals surface area contributed by atoms with Crippen LogP contribution in [0.25, 0.3) is 0 Å². The minimum atomic E-state index is 0. The summed E-state index contributed by atoms with van der Waals surface area (Å²) in [6, 6.07) is 0.591. The van der Waals surface area contributed by atoms with Crippen molar-refractivity contribution in [1.29, 1.82) is 0 Å². The molecule has 5 heteroatoms. The third-order valence-corrected chi connectivity index (χ3v) is 4.50. The molecule has 0 aromatic carbocycles. The van der Waals surface area contributed by atoms with Crippen LogP contribution in [0, 0.1) is 0 Å². The van der Waals surface area contributed by atoms with Gasteiger partial charge in [-0.25, -0.2) is 0 Å². The molecule has 100 valence electrons. The van der Waals surface area contributed by atoms with Gasteiger partial charge in [-0.1, -0.05) is 0 Å². The third kappa shape index (κ3) is 3.77. The van der Waals surface area contributed by atoms with E-state index in [0.29, 0.717) is 6.04 Å². The van der Waals surface area contributed by atoms with Gasteiger partial charge in [-0.3, -0.25) is 4.90 Å². The Bertz CT molecular complexity index is 255. The first-order valence-corrected chi connectivity index (χ1v) is 6.74. The van der Waals surface area contributed by atoms with E-state index in [0.717, 1.165) is 39.1 Å². The molecule has 0 aliphatic carbocycles. The fourth-order valence-electron chi connectivity index (χ4n) is 3.50. The quantitative estimate of drug-likeness (QED) is 0.484. The van der Waals surface area contributed by atoms with Gasteiger partial charge in [0.2, 0.25) is 0 Å². The summed E-state index contributed by atoms with van der Waals surface area (Å²) in [6.07, 6.45) is 4.63. The molecule has 2 saturated heterocycles. The van der Waals surface area contributed by atoms with Crippen molar-refractivity contribution in [3.8, 4) is 0 Å². The van der Waals surface area contributed by atoms with E-state index in [1.54, 1.807) is 7.11 Å². The molecule has 0 radical (unpaired) electrons. The van der Waals surface area contributed by atoms with Crippen molar-refractivity contribution in [1.82, 2.24) is 9.80 Å². The first-order valence-electron chi connectivity index (χ1n) is 6.74. The number of likely N-dealkylation sites (N-methyl/N-ethyl adjacent to an activating group) is 1. The summed E-state index contributed by atoms with van der Waals surface area (Å²) in [5.74, 6) is 0. The Hall–Kier alpha value is 1.48. The normalized spacial score (nSPS) is 31.7. The molecule has 4 nitrogen and oxygen atoms in total. The second kappa shape index (κ2) is 8.05. The Morgan fingerprint density at radius 2 is 2.22 bits per heavy atom. The van der Waals surface area contributed by atoms with E-state index < -0.39 is 0 Å². The van der Waals surface area contributed by atoms with Crippen molar-refractivity contribution in [2.75, 3.05) is 47.0 Å². The average molecular weight is 280 g/mol. The summed E-state index contributed by atoms with van der Waals surface area (Å²) in [7, 11) is 3.89. The maximum atomic E-state index is 11.5. The Morgan fingerprint density at radius 3 is 2.89 bits per heavy atom. The summed E-state index contributed by atoms with van der Waals surface area (Å²) < 4.78 is 5.10. The van der Waals surface area contributed by atoms with Gasteiger partial charge in [-0.2, -0.15) is 0 Å². The zero-order valence-corrected chi connectivity index (χ0v) is 15.3. The molecule has 0 bridgehead atoms. The van der Waals surface area contributed by atoms with E-state index in [-0.39, 0.29) is 63.5 Å². The topological polar surface area (TPSA) is 38.8 Å². The summed E-state index contributed by atoms with van der Waals surface area (Å²) >= 11 is 0. The first kappa shape index (κ1) is 17.5. The summed E-state index contributed by atoms with van der Waals surface area (Å²) in [5, 5.41) is 11.5. The van der Waals surface area contributed by atoms with Crippen LogP contribution in [0.4, 0.5) is 0 Å². The average Bonchev–Trinajstić information content (AvgIpc) is 2.88. The molecule has 2 heterocycles. The Labute approximate surface area is 153 Å². The number of ether oxygens (including phenoxy) is 1. The number of hydrogen-bond acceptors (Lipinski definition) is 4. The number of nitrogens with zero attached hydrogens (tertiary/aromatic N) is 2. The Balaban J connectivity index is 0.00000162. The molecule has 2 aliphatic heterocycles. The van der Waals surface area contributed by atoms with Crippen LogP contribution in [0.5, 0.6) is 0 Å². The minimum Gasteiger partial charge on any atom is -0.853 e. The van der Waals surface area contributed by atoms with Gasteiger partial charge in [-0.05, 0) is 39.3 Å². The molecule has 0 saturated carbocycles. The van der Waals surface area contributed by atoms with Gasteiger partial charge < -0.3 is 14.7 Å². The van der Waals surface area contributed by atoms with Crippen LogP contribution in [0.15, 0.2) is 0 Å². The molecule has 0 amide bonds. The van der Waals surface area contributed by atoms with Crippen molar-refractivity contribution < 1.29 is 61.2 Å². The van der Waals surface area contributed by atoms with Crippen LogP contribution in [-0.4, -0.2) is 68.4 Å². The summed E-state index contributed by atoms with van der Waals surface area (Å²) in [5.41, 5.74) is 0.0206. The zero-order valence-electron chi connectivity index (χ0n) is 12.2. The van der Waals surface area contributed by atoms with Crippen LogP contribution in [-0.2, 0) is 4.74 Å². The fraction of sp³-hybridized carbons (Fsp3) is 1.00. The van der Waals surface area contributed by atoms with E-state index in [1.807, 2.05) is 0 Å². The molecule has 18 heavy (non-hydrogen) atoms. The van der Waals surface area contributed by atoms with Gasteiger partial charge in [-0.15, -0.1) is 6.61 Å². The zero-order chi connectivity index (χ0) is 12.3. The Kier molecular flexibility index (Phi) is 7.84. The second-order valence-electron chi connectivity index (χ2n) is 5.61. The largest absolute Gasteiger partial charge is 1.00 e. The molecule has 2 aliphatic rings. The third-order valence-electron chi connectivity index (χ3n) is 4.50. The minimum absolute atomic E-state index is 0. The standard InChI is InChI=1S/C13H25N2O2.K/c1-14(8-9-17-2)10-12-4-6-13(11-16)5-3-7-15(12)13;/h12H,3-11H2,1-2H3;/q-1;+1. The van der Waals surface area contributed by atoms with E-state index in [1.165, 1.54) is 12.8 Å². The second-order valence-corrected chi connectivity index (χ2v) is 5.61. The number of rotatable bonds is 6. The molecule has 0 aromatic heterocycles. The molecule has 0 spiro atoms. The van der Waals surface area contributed by atoms with Gasteiger partial charge in [0, 0.05) is 31.8 Å². The van der Waals surface area contributed by atoms with Crippen molar-refractivity contribution in [3.05, 3.63) is 0 Å². The van der Waals surface area contributed by atoms with Crippen molar-refractivity contribution >= 4 is 0 Å². The smallest absolute Gasteiger partial charge is 0.853 e. The van der Waals surface area contributed by atoms with E-state index >= 15 is 0 Å². The van der Waals surface area contributed by atoms with Crippen LogP contribution in [0.2, 0.25) is 0 Å². The van der Waals surface area contributed by atoms with Gasteiger partial charge in [0.25, 0.3) is 0 Å². The van der Waals surface area contributed by atoms with Crippen molar-refractivity contribution in [2.45, 2.75) is 37.3 Å². The number of hydrogen-bond donors (Lipinski definition) is 0. The molecular weight excluding hydrogens is 255 g/mol. The maximum absolute atomic E-state index is 11.5. The van der Waals surface area contributed by atoms with Gasteiger partial charge in [0.15, 0.2) is 0 Å². The predicted octanol–water partition coefficient (Wildman–Crippen LogP) is -3.07. The predicted molar refractivity (Wildman–Crippen MR) is 65.9 cm³/mol. The fourth-order valence-corrected chi connectivity index (χ4v) is 3.50. The van der Waals surface area contributed by atoms with Crippen LogP contribution in [0.1, 0.15) is 25.7 Å². The molecule has 0 aromatic rings. The number of fused-ring (bicyclic) bond motifs is 1. The van der Waals surface area contributed by atoms with E-state index in [4.69, 9.17) is 4.74 Å². The monoisotopic (exact) mass is 280 g/mol. The molecule has 2 fully saturated rings. The van der Waals surface area contributed by atoms with Crippen molar-refractivity contribution in [2.24, 2.45) is 0 Å². The molecule has 2 atom stereocenters. The Morgan fingerprint density at radius 1 is 1.44 bits per heavy atom. The van der Waals surface area contributed by atoms with E-state index in [2.05, 4.69) is 16.8 Å². The first-order chi connectivity index (χ1) is 8.22. The number of methoxy groups -OCH3 is 1. The molecular formula is C13H25KN2O2. The summed E-state index contributed by atoms with van der Waals surface area (Å²) in [6.45, 7) is 4.06. The molecule has 2 unspecified atom stereocenters. The van der Waals surface area contributed by atoms with Crippen LogP contribution >= 0.6 is 0 Å². The maximum Gasteiger partial charge on any atom is 1.00 e. The van der Waals surface area contributed by atoms with Crippen LogP contribution < -0.4 is 56.5 Å². The summed E-state index contributed by atoms with van der Waals surface area (Å²) in [4.78, 5) is 4.83. The van der Waals surface area contributed by atoms with Gasteiger partial charge >= 0.3 is 51.4 Å². The van der Waals surface area contributed by atoms with Gasteiger partial charge in [0.05, 0.1) is 6.61 Å². The van der Waals surface area contributed by atoms with Crippen LogP contribution in [0.3, 0.4) is 0 Å². The SMILES string of the molecule is COCCN(C)CC1CCC2(C[O-])CCCN12.[K+]. The van der Waals surface area contributed by atoms with Crippen molar-refractivity contribution in [3.63, 3.8) is 0 Å². The molecule has 2 rings (SSSR count). The van der Waals surface area contributed by atoms with E-state index in [9.17, 15) is 5.11 Å².